The van der Waals surface area contributed by atoms with Gasteiger partial charge in [-0.1, -0.05) is 13.0 Å². The molecule has 0 spiro atoms. The van der Waals surface area contributed by atoms with Crippen LogP contribution >= 0.6 is 11.3 Å². The van der Waals surface area contributed by atoms with Gasteiger partial charge in [0.2, 0.25) is 0 Å². The average Bonchev–Trinajstić information content (AvgIpc) is 3.04. The summed E-state index contributed by atoms with van der Waals surface area (Å²) >= 11 is 1.72. The highest BCUT2D eigenvalue weighted by molar-refractivity contribution is 7.07. The third kappa shape index (κ3) is 3.66. The van der Waals surface area contributed by atoms with Crippen molar-refractivity contribution in [3.8, 4) is 5.75 Å². The first-order valence-electron chi connectivity index (χ1n) is 7.87. The van der Waals surface area contributed by atoms with E-state index in [1.807, 2.05) is 0 Å². The van der Waals surface area contributed by atoms with E-state index in [0.29, 0.717) is 12.6 Å². The van der Waals surface area contributed by atoms with Crippen LogP contribution in [0.5, 0.6) is 5.75 Å². The van der Waals surface area contributed by atoms with Gasteiger partial charge in [0.1, 0.15) is 12.4 Å². The summed E-state index contributed by atoms with van der Waals surface area (Å²) in [5, 5.41) is 7.91. The van der Waals surface area contributed by atoms with E-state index < -0.39 is 0 Å². The number of thiophene rings is 1. The summed E-state index contributed by atoms with van der Waals surface area (Å²) in [7, 11) is 0. The zero-order chi connectivity index (χ0) is 14.5. The van der Waals surface area contributed by atoms with Crippen LogP contribution in [0.15, 0.2) is 35.0 Å². The fraction of sp³-hybridized carbons (Fsp3) is 0.444. The minimum atomic E-state index is 0.499. The van der Waals surface area contributed by atoms with Crippen LogP contribution in [0.3, 0.4) is 0 Å². The first-order valence-corrected chi connectivity index (χ1v) is 8.81. The van der Waals surface area contributed by atoms with Crippen molar-refractivity contribution < 1.29 is 4.74 Å². The van der Waals surface area contributed by atoms with Gasteiger partial charge in [-0.3, -0.25) is 0 Å². The van der Waals surface area contributed by atoms with Gasteiger partial charge in [-0.2, -0.15) is 11.3 Å². The maximum Gasteiger partial charge on any atom is 0.120 e. The monoisotopic (exact) mass is 301 g/mol. The molecule has 1 N–H and O–H groups in total. The standard InChI is InChI=1S/C18H23NOS/c1-2-9-19-18-5-3-4-15-6-7-16(11-17(15)18)20-12-14-8-10-21-13-14/h6-8,10-11,13,18-19H,2-5,9,12H2,1H3. The van der Waals surface area contributed by atoms with Crippen LogP contribution in [0.2, 0.25) is 0 Å². The lowest BCUT2D eigenvalue weighted by atomic mass is 9.87. The number of fused-ring (bicyclic) bond motifs is 1. The van der Waals surface area contributed by atoms with Gasteiger partial charge in [0.25, 0.3) is 0 Å². The van der Waals surface area contributed by atoms with Crippen LogP contribution < -0.4 is 10.1 Å². The molecule has 2 nitrogen and oxygen atoms in total. The van der Waals surface area contributed by atoms with Crippen molar-refractivity contribution in [3.63, 3.8) is 0 Å². The topological polar surface area (TPSA) is 21.3 Å². The minimum absolute atomic E-state index is 0.499. The number of hydrogen-bond acceptors (Lipinski definition) is 3. The van der Waals surface area contributed by atoms with E-state index in [0.717, 1.165) is 12.3 Å². The van der Waals surface area contributed by atoms with E-state index in [-0.39, 0.29) is 0 Å². The summed E-state index contributed by atoms with van der Waals surface area (Å²) in [6.45, 7) is 3.97. The Morgan fingerprint density at radius 1 is 1.33 bits per heavy atom. The molecule has 0 amide bonds. The summed E-state index contributed by atoms with van der Waals surface area (Å²) in [6, 6.07) is 9.23. The molecule has 0 aliphatic heterocycles. The normalized spacial score (nSPS) is 17.5. The lowest BCUT2D eigenvalue weighted by Crippen LogP contribution is -2.25. The number of benzene rings is 1. The third-order valence-electron chi connectivity index (χ3n) is 4.06. The Balaban J connectivity index is 1.72. The smallest absolute Gasteiger partial charge is 0.120 e. The molecule has 1 aromatic carbocycles. The first-order chi connectivity index (χ1) is 10.4. The van der Waals surface area contributed by atoms with Crippen molar-refractivity contribution in [1.82, 2.24) is 5.32 Å². The van der Waals surface area contributed by atoms with Crippen molar-refractivity contribution in [3.05, 3.63) is 51.7 Å². The first kappa shape index (κ1) is 14.6. The second kappa shape index (κ2) is 7.10. The number of aryl methyl sites for hydroxylation is 1. The SMILES string of the molecule is CCCNC1CCCc2ccc(OCc3ccsc3)cc21. The zero-order valence-corrected chi connectivity index (χ0v) is 13.4. The predicted octanol–water partition coefficient (Wildman–Crippen LogP) is 4.70. The maximum atomic E-state index is 5.95. The van der Waals surface area contributed by atoms with Gasteiger partial charge in [-0.15, -0.1) is 0 Å². The number of ether oxygens (including phenoxy) is 1. The molecule has 21 heavy (non-hydrogen) atoms. The Morgan fingerprint density at radius 3 is 3.10 bits per heavy atom. The fourth-order valence-electron chi connectivity index (χ4n) is 2.94. The van der Waals surface area contributed by atoms with E-state index in [1.165, 1.54) is 42.4 Å². The largest absolute Gasteiger partial charge is 0.489 e. The molecule has 0 bridgehead atoms. The van der Waals surface area contributed by atoms with Crippen molar-refractivity contribution in [2.75, 3.05) is 6.54 Å². The molecule has 3 rings (SSSR count). The Morgan fingerprint density at radius 2 is 2.29 bits per heavy atom. The molecule has 1 aliphatic carbocycles. The Bertz CT molecular complexity index is 565. The Labute approximate surface area is 131 Å². The van der Waals surface area contributed by atoms with Gasteiger partial charge in [-0.05, 0) is 77.9 Å². The molecule has 1 aromatic heterocycles. The average molecular weight is 301 g/mol. The van der Waals surface area contributed by atoms with Crippen LogP contribution in [0.4, 0.5) is 0 Å². The van der Waals surface area contributed by atoms with E-state index in [1.54, 1.807) is 11.3 Å². The molecule has 112 valence electrons. The molecule has 0 saturated heterocycles. The minimum Gasteiger partial charge on any atom is -0.489 e. The van der Waals surface area contributed by atoms with E-state index >= 15 is 0 Å². The van der Waals surface area contributed by atoms with Gasteiger partial charge >= 0.3 is 0 Å². The lowest BCUT2D eigenvalue weighted by molar-refractivity contribution is 0.305. The number of rotatable bonds is 6. The summed E-state index contributed by atoms with van der Waals surface area (Å²) in [5.74, 6) is 0.991. The fourth-order valence-corrected chi connectivity index (χ4v) is 3.59. The molecule has 0 fully saturated rings. The van der Waals surface area contributed by atoms with Crippen molar-refractivity contribution in [2.45, 2.75) is 45.3 Å². The van der Waals surface area contributed by atoms with Crippen LogP contribution in [0.25, 0.3) is 0 Å². The van der Waals surface area contributed by atoms with Gasteiger partial charge < -0.3 is 10.1 Å². The van der Waals surface area contributed by atoms with Crippen molar-refractivity contribution >= 4 is 11.3 Å². The van der Waals surface area contributed by atoms with E-state index in [4.69, 9.17) is 4.74 Å². The van der Waals surface area contributed by atoms with Gasteiger partial charge in [0, 0.05) is 6.04 Å². The Hall–Kier alpha value is -1.32. The van der Waals surface area contributed by atoms with Gasteiger partial charge in [0.05, 0.1) is 0 Å². The summed E-state index contributed by atoms with van der Waals surface area (Å²) in [4.78, 5) is 0. The van der Waals surface area contributed by atoms with Crippen LogP contribution in [-0.4, -0.2) is 6.54 Å². The number of hydrogen-bond donors (Lipinski definition) is 1. The second-order valence-electron chi connectivity index (χ2n) is 5.68. The van der Waals surface area contributed by atoms with Crippen molar-refractivity contribution in [2.24, 2.45) is 0 Å². The predicted molar refractivity (Wildman–Crippen MR) is 89.1 cm³/mol. The van der Waals surface area contributed by atoms with Gasteiger partial charge in [0.15, 0.2) is 0 Å². The van der Waals surface area contributed by atoms with Gasteiger partial charge in [-0.25, -0.2) is 0 Å². The van der Waals surface area contributed by atoms with Crippen LogP contribution in [0, 0.1) is 0 Å². The quantitative estimate of drug-likeness (QED) is 0.834. The summed E-state index contributed by atoms with van der Waals surface area (Å²) in [6.07, 6.45) is 4.90. The van der Waals surface area contributed by atoms with E-state index in [9.17, 15) is 0 Å². The highest BCUT2D eigenvalue weighted by atomic mass is 32.1. The highest BCUT2D eigenvalue weighted by Gasteiger charge is 2.20. The van der Waals surface area contributed by atoms with Crippen molar-refractivity contribution in [1.29, 1.82) is 0 Å². The Kier molecular flexibility index (Phi) is 4.94. The highest BCUT2D eigenvalue weighted by Crippen LogP contribution is 2.32. The molecule has 1 unspecified atom stereocenters. The molecule has 1 aliphatic rings. The zero-order valence-electron chi connectivity index (χ0n) is 12.6. The molecular weight excluding hydrogens is 278 g/mol. The lowest BCUT2D eigenvalue weighted by Gasteiger charge is -2.27. The molecule has 2 aromatic rings. The molecule has 0 radical (unpaired) electrons. The molecule has 3 heteroatoms. The maximum absolute atomic E-state index is 5.95. The summed E-state index contributed by atoms with van der Waals surface area (Å²) < 4.78 is 5.95. The summed E-state index contributed by atoms with van der Waals surface area (Å²) in [5.41, 5.74) is 4.17. The third-order valence-corrected chi connectivity index (χ3v) is 4.79. The molecule has 0 saturated carbocycles. The number of nitrogens with one attached hydrogen (secondary N) is 1. The molecule has 1 atom stereocenters. The molecular formula is C18H23NOS. The van der Waals surface area contributed by atoms with Crippen LogP contribution in [0.1, 0.15) is 48.9 Å². The second-order valence-corrected chi connectivity index (χ2v) is 6.46. The molecule has 1 heterocycles. The van der Waals surface area contributed by atoms with Crippen LogP contribution in [-0.2, 0) is 13.0 Å². The van der Waals surface area contributed by atoms with E-state index in [2.05, 4.69) is 47.3 Å².